The average molecular weight is 951 g/mol. The molecule has 3 heterocycles. The second-order valence-corrected chi connectivity index (χ2v) is 19.3. The van der Waals surface area contributed by atoms with Crippen LogP contribution >= 0.6 is 46.5 Å². The normalized spacial score (nSPS) is 23.5. The number of rotatable bonds is 14. The van der Waals surface area contributed by atoms with E-state index in [0.717, 1.165) is 10.4 Å². The first-order valence-corrected chi connectivity index (χ1v) is 24.5. The zero-order valence-electron chi connectivity index (χ0n) is 35.6. The topological polar surface area (TPSA) is 285 Å². The molecule has 2 aliphatic rings. The molecule has 1 aromatic heterocycles. The van der Waals surface area contributed by atoms with Gasteiger partial charge in [0.2, 0.25) is 41.4 Å². The van der Waals surface area contributed by atoms with Gasteiger partial charge in [-0.05, 0) is 66.5 Å². The molecule has 0 saturated carbocycles. The second-order valence-electron chi connectivity index (χ2n) is 15.7. The maximum atomic E-state index is 14.3. The molecule has 1 aromatic carbocycles. The number of nitrogens with one attached hydrogen (secondary N) is 6. The number of aliphatic imine (C=N–C) groups is 1. The Bertz CT molecular complexity index is 1890. The number of hydrogen-bond acceptors (Lipinski definition) is 12. The minimum atomic E-state index is -1.50. The van der Waals surface area contributed by atoms with Crippen molar-refractivity contribution in [3.05, 3.63) is 57.2 Å². The van der Waals surface area contributed by atoms with Crippen LogP contribution in [-0.2, 0) is 46.4 Å². The van der Waals surface area contributed by atoms with Gasteiger partial charge in [0.25, 0.3) is 0 Å². The predicted molar refractivity (Wildman–Crippen MR) is 249 cm³/mol. The lowest BCUT2D eigenvalue weighted by Crippen LogP contribution is -2.61. The smallest absolute Gasteiger partial charge is 0.247 e. The highest BCUT2D eigenvalue weighted by Gasteiger charge is 2.39. The maximum Gasteiger partial charge on any atom is 0.247 e. The number of thioether (sulfide) groups is 2. The number of thiophene rings is 1. The quantitative estimate of drug-likeness (QED) is 0.0699. The molecule has 2 fully saturated rings. The summed E-state index contributed by atoms with van der Waals surface area (Å²) in [4.78, 5) is 102. The molecule has 18 nitrogen and oxygen atoms in total. The molecular formula is C41H60ClN11O7S3. The molecule has 4 rings (SSSR count). The van der Waals surface area contributed by atoms with E-state index in [1.54, 1.807) is 26.0 Å². The maximum absolute atomic E-state index is 14.3. The van der Waals surface area contributed by atoms with E-state index in [1.807, 2.05) is 29.6 Å². The van der Waals surface area contributed by atoms with Crippen LogP contribution in [0.3, 0.4) is 0 Å². The van der Waals surface area contributed by atoms with Gasteiger partial charge in [-0.2, -0.15) is 11.8 Å². The number of guanidine groups is 1. The van der Waals surface area contributed by atoms with Crippen LogP contribution in [0.15, 0.2) is 46.8 Å². The Balaban J connectivity index is 1.59. The summed E-state index contributed by atoms with van der Waals surface area (Å²) in [6, 6.07) is 5.16. The third-order valence-electron chi connectivity index (χ3n) is 10.2. The van der Waals surface area contributed by atoms with Crippen molar-refractivity contribution < 1.29 is 33.6 Å². The van der Waals surface area contributed by atoms with Gasteiger partial charge in [0.15, 0.2) is 5.96 Å². The number of unbranched alkanes of at least 4 members (excludes halogenated alkanes) is 1. The van der Waals surface area contributed by atoms with Crippen LogP contribution in [0, 0.1) is 5.92 Å². The molecule has 0 aliphatic carbocycles. The van der Waals surface area contributed by atoms with Crippen LogP contribution in [-0.4, -0.2) is 131 Å². The SMILES string of the molecule is CC(C)[C@@H]1NC(=O)[C@H](Cc2cccs2)NC[C@H](Cc2ccc(Cl)cc2)NC(=O)CCCSC[C@@H](C(=O)N2CSC[C@H]2C(=O)NCCCCN=C(N)N)NC(=O)[C@H](CC(N)=O)NC1=O. The van der Waals surface area contributed by atoms with E-state index in [4.69, 9.17) is 28.8 Å². The lowest BCUT2D eigenvalue weighted by molar-refractivity contribution is -0.141. The van der Waals surface area contributed by atoms with Gasteiger partial charge in [-0.15, -0.1) is 23.1 Å². The average Bonchev–Trinajstić information content (AvgIpc) is 3.94. The fourth-order valence-electron chi connectivity index (χ4n) is 6.85. The lowest BCUT2D eigenvalue weighted by atomic mass is 10.0. The van der Waals surface area contributed by atoms with E-state index < -0.39 is 78.1 Å². The van der Waals surface area contributed by atoms with Crippen LogP contribution in [0.2, 0.25) is 5.02 Å². The van der Waals surface area contributed by atoms with Crippen molar-refractivity contribution in [2.24, 2.45) is 28.1 Å². The number of carbonyl (C=O) groups is 7. The molecule has 346 valence electrons. The van der Waals surface area contributed by atoms with Crippen LogP contribution in [0.25, 0.3) is 0 Å². The van der Waals surface area contributed by atoms with E-state index in [9.17, 15) is 33.6 Å². The van der Waals surface area contributed by atoms with E-state index in [0.29, 0.717) is 55.3 Å². The first-order valence-electron chi connectivity index (χ1n) is 20.9. The molecule has 0 radical (unpaired) electrons. The van der Waals surface area contributed by atoms with Crippen LogP contribution < -0.4 is 49.1 Å². The van der Waals surface area contributed by atoms with Gasteiger partial charge in [0.05, 0.1) is 18.3 Å². The van der Waals surface area contributed by atoms with Crippen LogP contribution in [0.4, 0.5) is 0 Å². The molecule has 12 N–H and O–H groups in total. The minimum Gasteiger partial charge on any atom is -0.370 e. The molecule has 0 bridgehead atoms. The third kappa shape index (κ3) is 17.5. The molecule has 0 spiro atoms. The van der Waals surface area contributed by atoms with E-state index in [-0.39, 0.29) is 48.8 Å². The summed E-state index contributed by atoms with van der Waals surface area (Å²) in [6.45, 7) is 4.42. The highest BCUT2D eigenvalue weighted by atomic mass is 35.5. The zero-order valence-corrected chi connectivity index (χ0v) is 38.8. The largest absolute Gasteiger partial charge is 0.370 e. The Morgan fingerprint density at radius 3 is 2.33 bits per heavy atom. The highest BCUT2D eigenvalue weighted by molar-refractivity contribution is 7.99. The molecule has 2 saturated heterocycles. The second kappa shape index (κ2) is 26.3. The number of benzene rings is 1. The summed E-state index contributed by atoms with van der Waals surface area (Å²) in [5.74, 6) is -3.51. The van der Waals surface area contributed by atoms with Gasteiger partial charge in [0.1, 0.15) is 24.2 Å². The van der Waals surface area contributed by atoms with E-state index in [1.165, 1.54) is 39.8 Å². The van der Waals surface area contributed by atoms with Crippen molar-refractivity contribution in [2.45, 2.75) is 95.0 Å². The Kier molecular flexibility index (Phi) is 21.3. The first-order chi connectivity index (χ1) is 30.1. The monoisotopic (exact) mass is 949 g/mol. The summed E-state index contributed by atoms with van der Waals surface area (Å²) in [5.41, 5.74) is 17.2. The van der Waals surface area contributed by atoms with Crippen molar-refractivity contribution in [2.75, 3.05) is 42.8 Å². The Morgan fingerprint density at radius 2 is 1.65 bits per heavy atom. The van der Waals surface area contributed by atoms with Gasteiger partial charge in [-0.3, -0.25) is 38.6 Å². The van der Waals surface area contributed by atoms with Crippen molar-refractivity contribution >= 4 is 93.8 Å². The van der Waals surface area contributed by atoms with Crippen LogP contribution in [0.1, 0.15) is 56.4 Å². The fourth-order valence-corrected chi connectivity index (χ4v) is 9.86. The summed E-state index contributed by atoms with van der Waals surface area (Å²) in [6.07, 6.45) is 1.97. The van der Waals surface area contributed by atoms with Gasteiger partial charge in [-0.1, -0.05) is 43.6 Å². The number of amides is 7. The molecule has 7 amide bonds. The van der Waals surface area contributed by atoms with Gasteiger partial charge in [0, 0.05) is 59.9 Å². The number of hydrogen-bond donors (Lipinski definition) is 9. The molecular weight excluding hydrogens is 890 g/mol. The van der Waals surface area contributed by atoms with Gasteiger partial charge >= 0.3 is 0 Å². The Morgan fingerprint density at radius 1 is 0.905 bits per heavy atom. The number of carbonyl (C=O) groups excluding carboxylic acids is 7. The first kappa shape index (κ1) is 51.1. The van der Waals surface area contributed by atoms with Crippen molar-refractivity contribution in [3.63, 3.8) is 0 Å². The van der Waals surface area contributed by atoms with Gasteiger partial charge < -0.3 is 54.0 Å². The molecule has 2 aromatic rings. The predicted octanol–water partition coefficient (Wildman–Crippen LogP) is 0.214. The van der Waals surface area contributed by atoms with E-state index >= 15 is 0 Å². The Labute approximate surface area is 385 Å². The standard InChI is InChI=1S/C41H60ClN11O7S3/c1-24(2)35-39(59)50-30(19-33(43)54)37(57)51-31(40(60)53-23-62-22-32(53)38(58)46-13-3-4-14-47-41(44)45)21-61-15-6-8-34(55)49-27(17-25-9-11-26(42)12-10-25)20-48-29(36(56)52-35)18-28-7-5-16-63-28/h5,7,9-12,16,24,27,29-32,35,48H,3-4,6,8,13-15,17-23H2,1-2H3,(H2,43,54)(H,46,58)(H,49,55)(H,50,59)(H,51,57)(H,52,56)(H4,44,45,47)/t27-,29-,30-,31-,32-,35-/m0/s1. The number of halogens is 1. The molecule has 63 heavy (non-hydrogen) atoms. The summed E-state index contributed by atoms with van der Waals surface area (Å²) in [7, 11) is 0. The highest BCUT2D eigenvalue weighted by Crippen LogP contribution is 2.23. The van der Waals surface area contributed by atoms with Crippen molar-refractivity contribution in [1.82, 2.24) is 36.8 Å². The number of nitrogens with zero attached hydrogens (tertiary/aromatic N) is 2. The molecule has 6 atom stereocenters. The van der Waals surface area contributed by atoms with Crippen molar-refractivity contribution in [1.29, 1.82) is 0 Å². The molecule has 2 aliphatic heterocycles. The van der Waals surface area contributed by atoms with Gasteiger partial charge in [-0.25, -0.2) is 0 Å². The van der Waals surface area contributed by atoms with E-state index in [2.05, 4.69) is 36.9 Å². The molecule has 0 unspecified atom stereocenters. The number of nitrogens with two attached hydrogens (primary N) is 3. The zero-order chi connectivity index (χ0) is 45.9. The van der Waals surface area contributed by atoms with Crippen LogP contribution in [0.5, 0.6) is 0 Å². The van der Waals surface area contributed by atoms with Crippen molar-refractivity contribution in [3.8, 4) is 0 Å². The summed E-state index contributed by atoms with van der Waals surface area (Å²) in [5, 5.41) is 20.0. The third-order valence-corrected chi connectivity index (χ3v) is 13.5. The lowest BCUT2D eigenvalue weighted by Gasteiger charge is -2.30. The Hall–Kier alpha value is -4.57. The molecule has 22 heteroatoms. The fraction of sp³-hybridized carbons (Fsp3) is 0.561. The summed E-state index contributed by atoms with van der Waals surface area (Å²) < 4.78 is 0. The number of primary amides is 1. The minimum absolute atomic E-state index is 0.0142. The summed E-state index contributed by atoms with van der Waals surface area (Å²) >= 11 is 10.3.